The third kappa shape index (κ3) is 2.29. The molecule has 96 valence electrons. The van der Waals surface area contributed by atoms with Crippen molar-refractivity contribution in [3.8, 4) is 0 Å². The van der Waals surface area contributed by atoms with Crippen LogP contribution in [0.3, 0.4) is 0 Å². The number of rotatable bonds is 3. The van der Waals surface area contributed by atoms with Crippen molar-refractivity contribution < 1.29 is 4.92 Å². The number of nitro groups is 1. The lowest BCUT2D eigenvalue weighted by molar-refractivity contribution is -0.384. The summed E-state index contributed by atoms with van der Waals surface area (Å²) in [6.45, 7) is 0.711. The molecule has 0 saturated carbocycles. The van der Waals surface area contributed by atoms with Crippen molar-refractivity contribution in [2.24, 2.45) is 0 Å². The van der Waals surface area contributed by atoms with Gasteiger partial charge in [-0.1, -0.05) is 0 Å². The Labute approximate surface area is 121 Å². The Kier molecular flexibility index (Phi) is 3.12. The molecule has 19 heavy (non-hydrogen) atoms. The van der Waals surface area contributed by atoms with E-state index in [4.69, 9.17) is 0 Å². The largest absolute Gasteiger partial charge is 0.342 e. The maximum Gasteiger partial charge on any atom is 0.271 e. The second kappa shape index (κ2) is 4.79. The Morgan fingerprint density at radius 2 is 2.16 bits per heavy atom. The SMILES string of the molecule is O=[N+]([O-])c1ccc2ccn(Cc3sccc3Br)c2c1. The van der Waals surface area contributed by atoms with Gasteiger partial charge in [0.05, 0.1) is 17.0 Å². The molecule has 0 N–H and O–H groups in total. The first-order chi connectivity index (χ1) is 9.15. The van der Waals surface area contributed by atoms with Gasteiger partial charge in [-0.15, -0.1) is 11.3 Å². The van der Waals surface area contributed by atoms with E-state index in [-0.39, 0.29) is 10.6 Å². The summed E-state index contributed by atoms with van der Waals surface area (Å²) in [6.07, 6.45) is 1.96. The molecule has 4 nitrogen and oxygen atoms in total. The molecule has 0 fully saturated rings. The fourth-order valence-electron chi connectivity index (χ4n) is 2.02. The van der Waals surface area contributed by atoms with Crippen LogP contribution >= 0.6 is 27.3 Å². The van der Waals surface area contributed by atoms with Gasteiger partial charge in [0.1, 0.15) is 0 Å². The lowest BCUT2D eigenvalue weighted by Gasteiger charge is -2.04. The number of aromatic nitrogens is 1. The fourth-order valence-corrected chi connectivity index (χ4v) is 3.49. The molecule has 0 bridgehead atoms. The van der Waals surface area contributed by atoms with Crippen molar-refractivity contribution in [2.45, 2.75) is 6.54 Å². The molecule has 0 amide bonds. The summed E-state index contributed by atoms with van der Waals surface area (Å²) in [5.41, 5.74) is 1.01. The van der Waals surface area contributed by atoms with E-state index in [1.807, 2.05) is 28.3 Å². The number of thiophene rings is 1. The molecular weight excluding hydrogens is 328 g/mol. The topological polar surface area (TPSA) is 48.1 Å². The lowest BCUT2D eigenvalue weighted by atomic mass is 10.2. The first-order valence-electron chi connectivity index (χ1n) is 5.60. The van der Waals surface area contributed by atoms with Crippen molar-refractivity contribution in [3.05, 3.63) is 61.4 Å². The van der Waals surface area contributed by atoms with Crippen molar-refractivity contribution in [2.75, 3.05) is 0 Å². The van der Waals surface area contributed by atoms with Gasteiger partial charge in [0.25, 0.3) is 5.69 Å². The van der Waals surface area contributed by atoms with Crippen LogP contribution in [-0.4, -0.2) is 9.49 Å². The molecule has 0 atom stereocenters. The van der Waals surface area contributed by atoms with Crippen LogP contribution in [0, 0.1) is 10.1 Å². The van der Waals surface area contributed by atoms with Crippen molar-refractivity contribution in [1.82, 2.24) is 4.57 Å². The molecule has 0 radical (unpaired) electrons. The summed E-state index contributed by atoms with van der Waals surface area (Å²) in [5, 5.41) is 13.9. The third-order valence-corrected chi connectivity index (χ3v) is 4.88. The number of nitro benzene ring substituents is 1. The maximum absolute atomic E-state index is 10.8. The minimum atomic E-state index is -0.363. The molecule has 0 aliphatic rings. The summed E-state index contributed by atoms with van der Waals surface area (Å²) >= 11 is 5.17. The number of hydrogen-bond acceptors (Lipinski definition) is 3. The van der Waals surface area contributed by atoms with Gasteiger partial charge in [0.2, 0.25) is 0 Å². The first-order valence-corrected chi connectivity index (χ1v) is 7.27. The van der Waals surface area contributed by atoms with E-state index in [9.17, 15) is 10.1 Å². The molecule has 3 rings (SSSR count). The Bertz CT molecular complexity index is 763. The second-order valence-corrected chi connectivity index (χ2v) is 5.99. The van der Waals surface area contributed by atoms with E-state index < -0.39 is 0 Å². The summed E-state index contributed by atoms with van der Waals surface area (Å²) < 4.78 is 3.10. The zero-order valence-corrected chi connectivity index (χ0v) is 12.1. The third-order valence-electron chi connectivity index (χ3n) is 2.97. The zero-order valence-electron chi connectivity index (χ0n) is 9.75. The Balaban J connectivity index is 2.06. The minimum Gasteiger partial charge on any atom is -0.342 e. The van der Waals surface area contributed by atoms with Crippen molar-refractivity contribution in [1.29, 1.82) is 0 Å². The van der Waals surface area contributed by atoms with Gasteiger partial charge < -0.3 is 4.57 Å². The van der Waals surface area contributed by atoms with Gasteiger partial charge in [0, 0.05) is 33.1 Å². The molecule has 1 aromatic carbocycles. The highest BCUT2D eigenvalue weighted by Gasteiger charge is 2.10. The molecule has 0 spiro atoms. The fraction of sp³-hybridized carbons (Fsp3) is 0.0769. The molecule has 0 aliphatic heterocycles. The number of non-ortho nitro benzene ring substituents is 1. The van der Waals surface area contributed by atoms with Crippen LogP contribution in [0.4, 0.5) is 5.69 Å². The summed E-state index contributed by atoms with van der Waals surface area (Å²) in [5.74, 6) is 0. The Morgan fingerprint density at radius 3 is 2.84 bits per heavy atom. The van der Waals surface area contributed by atoms with Gasteiger partial charge in [0.15, 0.2) is 0 Å². The van der Waals surface area contributed by atoms with Crippen LogP contribution in [0.25, 0.3) is 10.9 Å². The Hall–Kier alpha value is -1.66. The highest BCUT2D eigenvalue weighted by Crippen LogP contribution is 2.27. The molecule has 2 aromatic heterocycles. The molecule has 0 aliphatic carbocycles. The van der Waals surface area contributed by atoms with E-state index in [2.05, 4.69) is 15.9 Å². The van der Waals surface area contributed by atoms with Gasteiger partial charge in [-0.25, -0.2) is 0 Å². The van der Waals surface area contributed by atoms with Gasteiger partial charge in [-0.3, -0.25) is 10.1 Å². The van der Waals surface area contributed by atoms with E-state index in [1.165, 1.54) is 10.9 Å². The van der Waals surface area contributed by atoms with Crippen molar-refractivity contribution >= 4 is 43.9 Å². The summed E-state index contributed by atoms with van der Waals surface area (Å²) in [7, 11) is 0. The number of nitrogens with zero attached hydrogens (tertiary/aromatic N) is 2. The van der Waals surface area contributed by atoms with E-state index in [1.54, 1.807) is 23.5 Å². The van der Waals surface area contributed by atoms with E-state index >= 15 is 0 Å². The maximum atomic E-state index is 10.8. The molecular formula is C13H9BrN2O2S. The van der Waals surface area contributed by atoms with Crippen LogP contribution in [-0.2, 0) is 6.54 Å². The average Bonchev–Trinajstić information content (AvgIpc) is 2.97. The number of fused-ring (bicyclic) bond motifs is 1. The number of benzene rings is 1. The summed E-state index contributed by atoms with van der Waals surface area (Å²) in [4.78, 5) is 11.7. The van der Waals surface area contributed by atoms with Crippen LogP contribution < -0.4 is 0 Å². The standard InChI is InChI=1S/C13H9BrN2O2S/c14-11-4-6-19-13(11)8-15-5-3-9-1-2-10(16(17)18)7-12(9)15/h1-7H,8H2. The minimum absolute atomic E-state index is 0.123. The van der Waals surface area contributed by atoms with E-state index in [0.717, 1.165) is 15.4 Å². The highest BCUT2D eigenvalue weighted by atomic mass is 79.9. The Morgan fingerprint density at radius 1 is 1.32 bits per heavy atom. The zero-order chi connectivity index (χ0) is 13.4. The molecule has 0 unspecified atom stereocenters. The van der Waals surface area contributed by atoms with Gasteiger partial charge >= 0.3 is 0 Å². The normalized spacial score (nSPS) is 11.0. The quantitative estimate of drug-likeness (QED) is 0.525. The first kappa shape index (κ1) is 12.4. The highest BCUT2D eigenvalue weighted by molar-refractivity contribution is 9.10. The van der Waals surface area contributed by atoms with Crippen LogP contribution in [0.1, 0.15) is 4.88 Å². The molecule has 0 saturated heterocycles. The average molecular weight is 337 g/mol. The smallest absolute Gasteiger partial charge is 0.271 e. The van der Waals surface area contributed by atoms with Crippen molar-refractivity contribution in [3.63, 3.8) is 0 Å². The van der Waals surface area contributed by atoms with Crippen LogP contribution in [0.2, 0.25) is 0 Å². The molecule has 2 heterocycles. The van der Waals surface area contributed by atoms with Gasteiger partial charge in [-0.2, -0.15) is 0 Å². The molecule has 6 heteroatoms. The lowest BCUT2D eigenvalue weighted by Crippen LogP contribution is -1.97. The predicted octanol–water partition coefficient (Wildman–Crippen LogP) is 4.42. The van der Waals surface area contributed by atoms with Crippen LogP contribution in [0.5, 0.6) is 0 Å². The monoisotopic (exact) mass is 336 g/mol. The molecule has 3 aromatic rings. The predicted molar refractivity (Wildman–Crippen MR) is 79.7 cm³/mol. The second-order valence-electron chi connectivity index (χ2n) is 4.14. The van der Waals surface area contributed by atoms with Gasteiger partial charge in [-0.05, 0) is 39.5 Å². The summed E-state index contributed by atoms with van der Waals surface area (Å²) in [6, 6.07) is 8.92. The number of hydrogen-bond donors (Lipinski definition) is 0. The number of halogens is 1. The van der Waals surface area contributed by atoms with Crippen LogP contribution in [0.15, 0.2) is 46.4 Å². The van der Waals surface area contributed by atoms with E-state index in [0.29, 0.717) is 6.54 Å².